The molecular weight excluding hydrogens is 234 g/mol. The van der Waals surface area contributed by atoms with Crippen molar-refractivity contribution in [2.45, 2.75) is 13.3 Å². The van der Waals surface area contributed by atoms with E-state index in [9.17, 15) is 9.59 Å². The predicted molar refractivity (Wildman–Crippen MR) is 69.6 cm³/mol. The lowest BCUT2D eigenvalue weighted by molar-refractivity contribution is -0.120. The van der Waals surface area contributed by atoms with Crippen molar-refractivity contribution in [3.8, 4) is 0 Å². The lowest BCUT2D eigenvalue weighted by Crippen LogP contribution is -2.24. The molecule has 0 heterocycles. The fourth-order valence-corrected chi connectivity index (χ4v) is 1.45. The van der Waals surface area contributed by atoms with Crippen LogP contribution in [0.25, 0.3) is 0 Å². The molecule has 0 aliphatic rings. The summed E-state index contributed by atoms with van der Waals surface area (Å²) in [5, 5.41) is 14.5. The highest BCUT2D eigenvalue weighted by molar-refractivity contribution is 5.90. The molecule has 0 atom stereocenters. The maximum Gasteiger partial charge on any atom is 0.335 e. The Hall–Kier alpha value is -2.24. The first-order valence-corrected chi connectivity index (χ1v) is 5.68. The Kier molecular flexibility index (Phi) is 4.98. The zero-order valence-corrected chi connectivity index (χ0v) is 10.2. The Morgan fingerprint density at radius 2 is 2.11 bits per heavy atom. The number of benzene rings is 1. The van der Waals surface area contributed by atoms with Crippen LogP contribution in [-0.2, 0) is 4.79 Å². The van der Waals surface area contributed by atoms with E-state index < -0.39 is 5.97 Å². The minimum Gasteiger partial charge on any atom is -0.478 e. The molecular formula is C12H17N3O3. The van der Waals surface area contributed by atoms with Gasteiger partial charge in [-0.2, -0.15) is 0 Å². The van der Waals surface area contributed by atoms with E-state index in [0.29, 0.717) is 30.9 Å². The van der Waals surface area contributed by atoms with Crippen LogP contribution in [0.5, 0.6) is 0 Å². The molecule has 5 N–H and O–H groups in total. The van der Waals surface area contributed by atoms with Crippen molar-refractivity contribution in [3.63, 3.8) is 0 Å². The van der Waals surface area contributed by atoms with Gasteiger partial charge >= 0.3 is 5.97 Å². The van der Waals surface area contributed by atoms with Crippen LogP contribution in [-0.4, -0.2) is 30.1 Å². The van der Waals surface area contributed by atoms with Gasteiger partial charge in [-0.05, 0) is 25.1 Å². The number of hydrogen-bond donors (Lipinski definition) is 4. The minimum atomic E-state index is -1.02. The average molecular weight is 251 g/mol. The van der Waals surface area contributed by atoms with Crippen LogP contribution in [0.3, 0.4) is 0 Å². The van der Waals surface area contributed by atoms with Crippen molar-refractivity contribution in [1.82, 2.24) is 5.32 Å². The molecule has 0 bridgehead atoms. The van der Waals surface area contributed by atoms with Crippen LogP contribution in [0.4, 0.5) is 11.4 Å². The first-order valence-electron chi connectivity index (χ1n) is 5.68. The summed E-state index contributed by atoms with van der Waals surface area (Å²) in [4.78, 5) is 21.9. The van der Waals surface area contributed by atoms with E-state index in [4.69, 9.17) is 10.8 Å². The van der Waals surface area contributed by atoms with E-state index in [1.165, 1.54) is 12.1 Å². The lowest BCUT2D eigenvalue weighted by atomic mass is 10.1. The largest absolute Gasteiger partial charge is 0.478 e. The summed E-state index contributed by atoms with van der Waals surface area (Å²) in [6.45, 7) is 2.91. The van der Waals surface area contributed by atoms with Crippen molar-refractivity contribution in [2.75, 3.05) is 24.1 Å². The summed E-state index contributed by atoms with van der Waals surface area (Å²) in [6, 6.07) is 4.44. The summed E-state index contributed by atoms with van der Waals surface area (Å²) in [6.07, 6.45) is 0.341. The smallest absolute Gasteiger partial charge is 0.335 e. The van der Waals surface area contributed by atoms with Gasteiger partial charge in [0.15, 0.2) is 0 Å². The highest BCUT2D eigenvalue weighted by Gasteiger charge is 2.06. The molecule has 0 saturated carbocycles. The Morgan fingerprint density at radius 3 is 2.67 bits per heavy atom. The SMILES string of the molecule is CCNC(=O)CCNc1ccc(C(=O)O)cc1N. The first-order chi connectivity index (χ1) is 8.54. The average Bonchev–Trinajstić information content (AvgIpc) is 2.31. The van der Waals surface area contributed by atoms with Gasteiger partial charge in [0.05, 0.1) is 16.9 Å². The summed E-state index contributed by atoms with van der Waals surface area (Å²) in [7, 11) is 0. The van der Waals surface area contributed by atoms with Gasteiger partial charge in [0.1, 0.15) is 0 Å². The van der Waals surface area contributed by atoms with Crippen molar-refractivity contribution in [2.24, 2.45) is 0 Å². The van der Waals surface area contributed by atoms with E-state index in [2.05, 4.69) is 10.6 Å². The number of anilines is 2. The molecule has 0 saturated heterocycles. The fraction of sp³-hybridized carbons (Fsp3) is 0.333. The third kappa shape index (κ3) is 3.97. The highest BCUT2D eigenvalue weighted by atomic mass is 16.4. The van der Waals surface area contributed by atoms with Gasteiger partial charge in [-0.1, -0.05) is 0 Å². The molecule has 0 unspecified atom stereocenters. The Balaban J connectivity index is 2.53. The number of carbonyl (C=O) groups excluding carboxylic acids is 1. The van der Waals surface area contributed by atoms with Gasteiger partial charge in [-0.3, -0.25) is 4.79 Å². The molecule has 1 amide bonds. The third-order valence-corrected chi connectivity index (χ3v) is 2.34. The van der Waals surface area contributed by atoms with Crippen LogP contribution in [0, 0.1) is 0 Å². The Morgan fingerprint density at radius 1 is 1.39 bits per heavy atom. The molecule has 1 aromatic rings. The van der Waals surface area contributed by atoms with Gasteiger partial charge in [-0.25, -0.2) is 4.79 Å². The number of nitrogens with one attached hydrogen (secondary N) is 2. The number of hydrogen-bond acceptors (Lipinski definition) is 4. The molecule has 6 heteroatoms. The second kappa shape index (κ2) is 6.48. The molecule has 0 radical (unpaired) electrons. The van der Waals surface area contributed by atoms with Crippen LogP contribution >= 0.6 is 0 Å². The fourth-order valence-electron chi connectivity index (χ4n) is 1.45. The van der Waals surface area contributed by atoms with Crippen molar-refractivity contribution in [3.05, 3.63) is 23.8 Å². The molecule has 0 fully saturated rings. The van der Waals surface area contributed by atoms with E-state index in [1.807, 2.05) is 6.92 Å². The van der Waals surface area contributed by atoms with Gasteiger partial charge in [0.2, 0.25) is 5.91 Å². The number of aromatic carboxylic acids is 1. The number of amides is 1. The maximum absolute atomic E-state index is 11.2. The molecule has 6 nitrogen and oxygen atoms in total. The molecule has 0 aromatic heterocycles. The van der Waals surface area contributed by atoms with E-state index in [-0.39, 0.29) is 11.5 Å². The highest BCUT2D eigenvalue weighted by Crippen LogP contribution is 2.19. The van der Waals surface area contributed by atoms with Gasteiger partial charge in [0, 0.05) is 19.5 Å². The number of carboxylic acids is 1. The summed E-state index contributed by atoms with van der Waals surface area (Å²) in [5.41, 5.74) is 6.83. The number of rotatable bonds is 6. The molecule has 1 aromatic carbocycles. The standard InChI is InChI=1S/C12H17N3O3/c1-2-14-11(16)5-6-15-10-4-3-8(12(17)18)7-9(10)13/h3-4,7,15H,2,5-6,13H2,1H3,(H,14,16)(H,17,18). The summed E-state index contributed by atoms with van der Waals surface area (Å²) in [5.74, 6) is -1.05. The normalized spacial score (nSPS) is 9.83. The quantitative estimate of drug-likeness (QED) is 0.562. The Bertz CT molecular complexity index is 446. The minimum absolute atomic E-state index is 0.0364. The number of nitrogen functional groups attached to an aromatic ring is 1. The summed E-state index contributed by atoms with van der Waals surface area (Å²) < 4.78 is 0. The van der Waals surface area contributed by atoms with Gasteiger partial charge in [0.25, 0.3) is 0 Å². The van der Waals surface area contributed by atoms with E-state index in [1.54, 1.807) is 6.07 Å². The zero-order valence-electron chi connectivity index (χ0n) is 10.2. The van der Waals surface area contributed by atoms with E-state index >= 15 is 0 Å². The maximum atomic E-state index is 11.2. The zero-order chi connectivity index (χ0) is 13.5. The van der Waals surface area contributed by atoms with Crippen LogP contribution in [0.2, 0.25) is 0 Å². The van der Waals surface area contributed by atoms with Crippen LogP contribution < -0.4 is 16.4 Å². The molecule has 1 rings (SSSR count). The summed E-state index contributed by atoms with van der Waals surface area (Å²) >= 11 is 0. The molecule has 0 aliphatic carbocycles. The van der Waals surface area contributed by atoms with Crippen molar-refractivity contribution >= 4 is 23.3 Å². The predicted octanol–water partition coefficient (Wildman–Crippen LogP) is 0.905. The number of nitrogens with two attached hydrogens (primary N) is 1. The second-order valence-electron chi connectivity index (χ2n) is 3.74. The number of carboxylic acid groups (broad SMARTS) is 1. The number of carbonyl (C=O) groups is 2. The molecule has 18 heavy (non-hydrogen) atoms. The van der Waals surface area contributed by atoms with Crippen LogP contribution in [0.1, 0.15) is 23.7 Å². The van der Waals surface area contributed by atoms with Gasteiger partial charge in [-0.15, -0.1) is 0 Å². The van der Waals surface area contributed by atoms with Crippen molar-refractivity contribution in [1.29, 1.82) is 0 Å². The Labute approximate surface area is 105 Å². The monoisotopic (exact) mass is 251 g/mol. The lowest BCUT2D eigenvalue weighted by Gasteiger charge is -2.09. The molecule has 98 valence electrons. The van der Waals surface area contributed by atoms with E-state index in [0.717, 1.165) is 0 Å². The first kappa shape index (κ1) is 13.8. The van der Waals surface area contributed by atoms with Crippen LogP contribution in [0.15, 0.2) is 18.2 Å². The molecule has 0 spiro atoms. The second-order valence-corrected chi connectivity index (χ2v) is 3.74. The van der Waals surface area contributed by atoms with Gasteiger partial charge < -0.3 is 21.5 Å². The van der Waals surface area contributed by atoms with Crippen molar-refractivity contribution < 1.29 is 14.7 Å². The third-order valence-electron chi connectivity index (χ3n) is 2.34. The molecule has 0 aliphatic heterocycles. The topological polar surface area (TPSA) is 104 Å².